The highest BCUT2D eigenvalue weighted by Crippen LogP contribution is 2.31. The van der Waals surface area contributed by atoms with Crippen molar-refractivity contribution >= 4 is 5.97 Å². The van der Waals surface area contributed by atoms with Crippen LogP contribution in [0.2, 0.25) is 0 Å². The van der Waals surface area contributed by atoms with Gasteiger partial charge in [0.25, 0.3) is 0 Å². The lowest BCUT2D eigenvalue weighted by Crippen LogP contribution is -2.12. The summed E-state index contributed by atoms with van der Waals surface area (Å²) in [6.07, 6.45) is 15.3. The Morgan fingerprint density at radius 3 is 2.00 bits per heavy atom. The second-order valence-electron chi connectivity index (χ2n) is 9.36. The molecule has 0 atom stereocenters. The van der Waals surface area contributed by atoms with Gasteiger partial charge in [-0.3, -0.25) is 4.79 Å². The van der Waals surface area contributed by atoms with E-state index in [-0.39, 0.29) is 11.4 Å². The summed E-state index contributed by atoms with van der Waals surface area (Å²) in [5.41, 5.74) is 1.87. The number of aromatic hydroxyl groups is 1. The maximum atomic E-state index is 12.0. The SMILES string of the molecule is CCCCCCCCCCCCCOC(=O)CCc1ccc(O)c(C(C)(C)C)c1. The molecule has 3 heteroatoms. The van der Waals surface area contributed by atoms with Crippen LogP contribution in [0.1, 0.15) is 116 Å². The number of phenolic OH excluding ortho intramolecular Hbond substituents is 1. The second kappa shape index (κ2) is 14.5. The molecule has 0 bridgehead atoms. The molecule has 0 aliphatic carbocycles. The molecular formula is C26H44O3. The minimum atomic E-state index is -0.123. The minimum Gasteiger partial charge on any atom is -0.508 e. The van der Waals surface area contributed by atoms with E-state index in [0.29, 0.717) is 25.2 Å². The Labute approximate surface area is 179 Å². The monoisotopic (exact) mass is 404 g/mol. The first-order valence-corrected chi connectivity index (χ1v) is 11.8. The van der Waals surface area contributed by atoms with E-state index in [1.165, 1.54) is 57.8 Å². The Hall–Kier alpha value is -1.51. The smallest absolute Gasteiger partial charge is 0.306 e. The molecule has 1 N–H and O–H groups in total. The van der Waals surface area contributed by atoms with Crippen LogP contribution < -0.4 is 0 Å². The summed E-state index contributed by atoms with van der Waals surface area (Å²) in [4.78, 5) is 12.0. The molecule has 0 saturated heterocycles. The van der Waals surface area contributed by atoms with Gasteiger partial charge in [0, 0.05) is 6.42 Å². The van der Waals surface area contributed by atoms with Gasteiger partial charge in [-0.25, -0.2) is 0 Å². The first-order valence-electron chi connectivity index (χ1n) is 11.8. The molecule has 0 saturated carbocycles. The number of carbonyl (C=O) groups excluding carboxylic acids is 1. The average Bonchev–Trinajstić information content (AvgIpc) is 2.67. The van der Waals surface area contributed by atoms with Crippen molar-refractivity contribution in [3.8, 4) is 5.75 Å². The third-order valence-electron chi connectivity index (χ3n) is 5.50. The number of rotatable bonds is 15. The number of hydrogen-bond acceptors (Lipinski definition) is 3. The van der Waals surface area contributed by atoms with Crippen molar-refractivity contribution in [2.45, 2.75) is 117 Å². The van der Waals surface area contributed by atoms with Crippen molar-refractivity contribution in [1.82, 2.24) is 0 Å². The van der Waals surface area contributed by atoms with Crippen LogP contribution in [0.25, 0.3) is 0 Å². The van der Waals surface area contributed by atoms with Gasteiger partial charge >= 0.3 is 5.97 Å². The predicted octanol–water partition coefficient (Wildman–Crippen LogP) is 7.48. The van der Waals surface area contributed by atoms with Gasteiger partial charge in [-0.2, -0.15) is 0 Å². The first-order chi connectivity index (χ1) is 13.8. The van der Waals surface area contributed by atoms with Crippen molar-refractivity contribution in [3.63, 3.8) is 0 Å². The van der Waals surface area contributed by atoms with E-state index < -0.39 is 0 Å². The average molecular weight is 405 g/mol. The molecule has 1 aromatic carbocycles. The topological polar surface area (TPSA) is 46.5 Å². The van der Waals surface area contributed by atoms with Crippen LogP contribution >= 0.6 is 0 Å². The standard InChI is InChI=1S/C26H44O3/c1-5-6-7-8-9-10-11-12-13-14-15-20-29-25(28)19-17-22-16-18-24(27)23(21-22)26(2,3)4/h16,18,21,27H,5-15,17,19-20H2,1-4H3. The summed E-state index contributed by atoms with van der Waals surface area (Å²) >= 11 is 0. The summed E-state index contributed by atoms with van der Waals surface area (Å²) in [6.45, 7) is 9.03. The summed E-state index contributed by atoms with van der Waals surface area (Å²) in [5.74, 6) is 0.197. The van der Waals surface area contributed by atoms with Crippen molar-refractivity contribution < 1.29 is 14.6 Å². The number of esters is 1. The van der Waals surface area contributed by atoms with Crippen molar-refractivity contribution in [3.05, 3.63) is 29.3 Å². The molecule has 1 rings (SSSR count). The van der Waals surface area contributed by atoms with Crippen LogP contribution in [-0.4, -0.2) is 17.7 Å². The number of ether oxygens (including phenoxy) is 1. The quantitative estimate of drug-likeness (QED) is 0.243. The molecule has 0 unspecified atom stereocenters. The maximum absolute atomic E-state index is 12.0. The molecule has 0 spiro atoms. The van der Waals surface area contributed by atoms with Gasteiger partial charge in [-0.05, 0) is 35.4 Å². The molecule has 0 aliphatic rings. The predicted molar refractivity (Wildman–Crippen MR) is 123 cm³/mol. The summed E-state index contributed by atoms with van der Waals surface area (Å²) < 4.78 is 5.38. The third-order valence-corrected chi connectivity index (χ3v) is 5.50. The van der Waals surface area contributed by atoms with Crippen LogP contribution in [0.4, 0.5) is 0 Å². The molecule has 166 valence electrons. The minimum absolute atomic E-state index is 0.115. The van der Waals surface area contributed by atoms with Gasteiger partial charge in [0.15, 0.2) is 0 Å². The summed E-state index contributed by atoms with van der Waals surface area (Å²) in [5, 5.41) is 10.0. The van der Waals surface area contributed by atoms with E-state index in [4.69, 9.17) is 4.74 Å². The lowest BCUT2D eigenvalue weighted by atomic mass is 9.85. The zero-order valence-corrected chi connectivity index (χ0v) is 19.4. The van der Waals surface area contributed by atoms with E-state index >= 15 is 0 Å². The highest BCUT2D eigenvalue weighted by molar-refractivity contribution is 5.69. The molecular weight excluding hydrogens is 360 g/mol. The molecule has 0 heterocycles. The van der Waals surface area contributed by atoms with E-state index in [2.05, 4.69) is 27.7 Å². The molecule has 0 aliphatic heterocycles. The first kappa shape index (κ1) is 25.5. The van der Waals surface area contributed by atoms with Crippen LogP contribution in [0.3, 0.4) is 0 Å². The zero-order valence-electron chi connectivity index (χ0n) is 19.4. The van der Waals surface area contributed by atoms with E-state index in [0.717, 1.165) is 24.0 Å². The molecule has 0 amide bonds. The lowest BCUT2D eigenvalue weighted by molar-refractivity contribution is -0.143. The number of hydrogen-bond donors (Lipinski definition) is 1. The Bertz CT molecular complexity index is 572. The fourth-order valence-electron chi connectivity index (χ4n) is 3.61. The van der Waals surface area contributed by atoms with E-state index in [9.17, 15) is 9.90 Å². The molecule has 3 nitrogen and oxygen atoms in total. The van der Waals surface area contributed by atoms with Gasteiger partial charge in [-0.1, -0.05) is 104 Å². The molecule has 0 fully saturated rings. The number of aryl methyl sites for hydroxylation is 1. The van der Waals surface area contributed by atoms with Crippen LogP contribution in [0.15, 0.2) is 18.2 Å². The van der Waals surface area contributed by atoms with Gasteiger partial charge in [0.2, 0.25) is 0 Å². The Kier molecular flexibility index (Phi) is 12.7. The van der Waals surface area contributed by atoms with E-state index in [1.54, 1.807) is 6.07 Å². The van der Waals surface area contributed by atoms with Crippen molar-refractivity contribution in [2.75, 3.05) is 6.61 Å². The molecule has 0 aromatic heterocycles. The normalized spacial score (nSPS) is 11.6. The van der Waals surface area contributed by atoms with Crippen molar-refractivity contribution in [2.24, 2.45) is 0 Å². The number of carbonyl (C=O) groups is 1. The Balaban J connectivity index is 2.06. The van der Waals surface area contributed by atoms with Gasteiger partial charge < -0.3 is 9.84 Å². The maximum Gasteiger partial charge on any atom is 0.306 e. The summed E-state index contributed by atoms with van der Waals surface area (Å²) in [7, 11) is 0. The molecule has 29 heavy (non-hydrogen) atoms. The van der Waals surface area contributed by atoms with Crippen LogP contribution in [-0.2, 0) is 21.4 Å². The van der Waals surface area contributed by atoms with Crippen LogP contribution in [0, 0.1) is 0 Å². The fraction of sp³-hybridized carbons (Fsp3) is 0.731. The highest BCUT2D eigenvalue weighted by Gasteiger charge is 2.18. The molecule has 0 radical (unpaired) electrons. The third kappa shape index (κ3) is 11.9. The van der Waals surface area contributed by atoms with Gasteiger partial charge in [-0.15, -0.1) is 0 Å². The summed E-state index contributed by atoms with van der Waals surface area (Å²) in [6, 6.07) is 5.63. The lowest BCUT2D eigenvalue weighted by Gasteiger charge is -2.21. The number of phenols is 1. The largest absolute Gasteiger partial charge is 0.508 e. The number of unbranched alkanes of at least 4 members (excludes halogenated alkanes) is 10. The highest BCUT2D eigenvalue weighted by atomic mass is 16.5. The fourth-order valence-corrected chi connectivity index (χ4v) is 3.61. The van der Waals surface area contributed by atoms with Gasteiger partial charge in [0.1, 0.15) is 5.75 Å². The number of benzene rings is 1. The zero-order chi connectivity index (χ0) is 21.5. The molecule has 1 aromatic rings. The van der Waals surface area contributed by atoms with E-state index in [1.807, 2.05) is 12.1 Å². The Morgan fingerprint density at radius 1 is 0.897 bits per heavy atom. The van der Waals surface area contributed by atoms with Crippen molar-refractivity contribution in [1.29, 1.82) is 0 Å². The Morgan fingerprint density at radius 2 is 1.45 bits per heavy atom. The second-order valence-corrected chi connectivity index (χ2v) is 9.36. The van der Waals surface area contributed by atoms with Crippen LogP contribution in [0.5, 0.6) is 5.75 Å². The van der Waals surface area contributed by atoms with Gasteiger partial charge in [0.05, 0.1) is 6.61 Å².